The lowest BCUT2D eigenvalue weighted by molar-refractivity contribution is 0.494. The molecule has 0 aromatic carbocycles. The number of rotatable bonds is 0. The van der Waals surface area contributed by atoms with Gasteiger partial charge in [0.05, 0.1) is 10.8 Å². The Balaban J connectivity index is 2.15. The Kier molecular flexibility index (Phi) is 1.42. The molecule has 0 aromatic rings. The quantitative estimate of drug-likeness (QED) is 0.484. The summed E-state index contributed by atoms with van der Waals surface area (Å²) in [6.07, 6.45) is 3.94. The topological polar surface area (TPSA) is 0 Å². The van der Waals surface area contributed by atoms with Crippen molar-refractivity contribution in [2.45, 2.75) is 30.0 Å². The van der Waals surface area contributed by atoms with E-state index in [-0.39, 0.29) is 10.8 Å². The molecule has 0 aliphatic heterocycles. The van der Waals surface area contributed by atoms with Crippen LogP contribution in [0.4, 0.5) is 0 Å². The summed E-state index contributed by atoms with van der Waals surface area (Å²) < 4.78 is 0. The molecule has 0 unspecified atom stereocenters. The average Bonchev–Trinajstić information content (AvgIpc) is 2.37. The second-order valence-corrected chi connectivity index (χ2v) is 4.23. The number of alkyl halides is 2. The van der Waals surface area contributed by atoms with Crippen molar-refractivity contribution in [1.82, 2.24) is 0 Å². The zero-order valence-corrected chi connectivity index (χ0v) is 6.70. The predicted octanol–water partition coefficient (Wildman–Crippen LogP) is 2.63. The Labute approximate surface area is 65.5 Å². The maximum Gasteiger partial charge on any atom is 0.0530 e. The van der Waals surface area contributed by atoms with E-state index in [1.165, 1.54) is 19.3 Å². The molecule has 2 bridgehead atoms. The molecule has 52 valence electrons. The van der Waals surface area contributed by atoms with E-state index in [9.17, 15) is 0 Å². The van der Waals surface area contributed by atoms with E-state index in [0.29, 0.717) is 0 Å². The van der Waals surface area contributed by atoms with Crippen LogP contribution >= 0.6 is 23.2 Å². The normalized spacial score (nSPS) is 56.7. The van der Waals surface area contributed by atoms with E-state index in [4.69, 9.17) is 23.2 Å². The minimum Gasteiger partial charge on any atom is -0.121 e. The minimum absolute atomic E-state index is 0.283. The number of fused-ring (bicyclic) bond motifs is 2. The van der Waals surface area contributed by atoms with Crippen molar-refractivity contribution in [3.05, 3.63) is 0 Å². The van der Waals surface area contributed by atoms with Crippen LogP contribution in [0.25, 0.3) is 0 Å². The highest BCUT2D eigenvalue weighted by Crippen LogP contribution is 2.49. The molecule has 2 saturated carbocycles. The Bertz CT molecular complexity index is 106. The van der Waals surface area contributed by atoms with Gasteiger partial charge in [0.1, 0.15) is 0 Å². The van der Waals surface area contributed by atoms with Gasteiger partial charge in [0.25, 0.3) is 0 Å². The van der Waals surface area contributed by atoms with Crippen LogP contribution in [0.1, 0.15) is 19.3 Å². The molecular weight excluding hydrogens is 155 g/mol. The minimum atomic E-state index is 0.283. The van der Waals surface area contributed by atoms with Crippen LogP contribution in [-0.4, -0.2) is 10.8 Å². The van der Waals surface area contributed by atoms with E-state index < -0.39 is 0 Å². The Morgan fingerprint density at radius 3 is 1.56 bits per heavy atom. The van der Waals surface area contributed by atoms with Crippen LogP contribution in [0.2, 0.25) is 0 Å². The van der Waals surface area contributed by atoms with Crippen LogP contribution in [0, 0.1) is 11.8 Å². The van der Waals surface area contributed by atoms with E-state index in [0.717, 1.165) is 11.8 Å². The SMILES string of the molecule is Cl[C@H]1[C@H]2CC[C@@H](C2)[C@@H]1Cl. The highest BCUT2D eigenvalue weighted by Gasteiger charge is 2.45. The first-order valence-electron chi connectivity index (χ1n) is 3.57. The molecule has 0 aromatic heterocycles. The molecule has 9 heavy (non-hydrogen) atoms. The van der Waals surface area contributed by atoms with E-state index in [1.54, 1.807) is 0 Å². The number of halogens is 2. The maximum absolute atomic E-state index is 6.03. The first kappa shape index (κ1) is 6.30. The van der Waals surface area contributed by atoms with Crippen LogP contribution < -0.4 is 0 Å². The molecule has 0 radical (unpaired) electrons. The molecular formula is C7H10Cl2. The smallest absolute Gasteiger partial charge is 0.0530 e. The first-order valence-corrected chi connectivity index (χ1v) is 4.44. The largest absolute Gasteiger partial charge is 0.121 e. The summed E-state index contributed by atoms with van der Waals surface area (Å²) in [4.78, 5) is 0. The summed E-state index contributed by atoms with van der Waals surface area (Å²) in [5.41, 5.74) is 0. The molecule has 0 amide bonds. The molecule has 2 rings (SSSR count). The van der Waals surface area contributed by atoms with Crippen LogP contribution in [-0.2, 0) is 0 Å². The maximum atomic E-state index is 6.03. The van der Waals surface area contributed by atoms with Gasteiger partial charge in [-0.1, -0.05) is 0 Å². The van der Waals surface area contributed by atoms with E-state index in [2.05, 4.69) is 0 Å². The highest BCUT2D eigenvalue weighted by atomic mass is 35.5. The van der Waals surface area contributed by atoms with Gasteiger partial charge in [0.2, 0.25) is 0 Å². The van der Waals surface area contributed by atoms with Gasteiger partial charge in [0, 0.05) is 0 Å². The molecule has 0 N–H and O–H groups in total. The highest BCUT2D eigenvalue weighted by molar-refractivity contribution is 6.30. The Morgan fingerprint density at radius 1 is 0.889 bits per heavy atom. The van der Waals surface area contributed by atoms with Gasteiger partial charge in [0.15, 0.2) is 0 Å². The van der Waals surface area contributed by atoms with Crippen molar-refractivity contribution in [2.24, 2.45) is 11.8 Å². The summed E-state index contributed by atoms with van der Waals surface area (Å²) in [5.74, 6) is 1.50. The fourth-order valence-electron chi connectivity index (χ4n) is 2.15. The zero-order valence-electron chi connectivity index (χ0n) is 5.19. The van der Waals surface area contributed by atoms with Crippen molar-refractivity contribution in [1.29, 1.82) is 0 Å². The van der Waals surface area contributed by atoms with Crippen molar-refractivity contribution < 1.29 is 0 Å². The first-order chi connectivity index (χ1) is 4.29. The van der Waals surface area contributed by atoms with Crippen LogP contribution in [0.5, 0.6) is 0 Å². The molecule has 2 fully saturated rings. The third-order valence-electron chi connectivity index (χ3n) is 2.72. The molecule has 4 atom stereocenters. The fourth-order valence-corrected chi connectivity index (χ4v) is 3.02. The van der Waals surface area contributed by atoms with Crippen molar-refractivity contribution in [2.75, 3.05) is 0 Å². The van der Waals surface area contributed by atoms with Gasteiger partial charge in [-0.05, 0) is 31.1 Å². The summed E-state index contributed by atoms with van der Waals surface area (Å²) in [6, 6.07) is 0. The van der Waals surface area contributed by atoms with Gasteiger partial charge >= 0.3 is 0 Å². The Morgan fingerprint density at radius 2 is 1.33 bits per heavy atom. The lowest BCUT2D eigenvalue weighted by atomic mass is 10.00. The Hall–Kier alpha value is 0.580. The van der Waals surface area contributed by atoms with Gasteiger partial charge in [-0.2, -0.15) is 0 Å². The lowest BCUT2D eigenvalue weighted by Crippen LogP contribution is -2.22. The number of hydrogen-bond donors (Lipinski definition) is 0. The third-order valence-corrected chi connectivity index (χ3v) is 4.10. The van der Waals surface area contributed by atoms with E-state index >= 15 is 0 Å². The molecule has 0 heterocycles. The second-order valence-electron chi connectivity index (χ2n) is 3.22. The van der Waals surface area contributed by atoms with Crippen molar-refractivity contribution >= 4 is 23.2 Å². The van der Waals surface area contributed by atoms with Gasteiger partial charge in [-0.3, -0.25) is 0 Å². The zero-order chi connectivity index (χ0) is 6.43. The summed E-state index contributed by atoms with van der Waals surface area (Å²) in [7, 11) is 0. The summed E-state index contributed by atoms with van der Waals surface area (Å²) in [5, 5.41) is 0.566. The van der Waals surface area contributed by atoms with Gasteiger partial charge in [-0.15, -0.1) is 23.2 Å². The lowest BCUT2D eigenvalue weighted by Gasteiger charge is -2.20. The van der Waals surface area contributed by atoms with Crippen LogP contribution in [0.15, 0.2) is 0 Å². The summed E-state index contributed by atoms with van der Waals surface area (Å²) >= 11 is 12.1. The van der Waals surface area contributed by atoms with Gasteiger partial charge < -0.3 is 0 Å². The molecule has 0 saturated heterocycles. The van der Waals surface area contributed by atoms with Gasteiger partial charge in [-0.25, -0.2) is 0 Å². The van der Waals surface area contributed by atoms with Crippen molar-refractivity contribution in [3.63, 3.8) is 0 Å². The monoisotopic (exact) mass is 164 g/mol. The average molecular weight is 165 g/mol. The van der Waals surface area contributed by atoms with Crippen molar-refractivity contribution in [3.8, 4) is 0 Å². The third kappa shape index (κ3) is 0.798. The molecule has 2 heteroatoms. The summed E-state index contributed by atoms with van der Waals surface area (Å²) in [6.45, 7) is 0. The molecule has 2 aliphatic rings. The standard InChI is InChI=1S/C7H10Cl2/c8-6-4-1-2-5(3-4)7(6)9/h4-7H,1-3H2/t4-,5-,6-,7-/m0/s1. The second kappa shape index (κ2) is 2.03. The number of hydrogen-bond acceptors (Lipinski definition) is 0. The van der Waals surface area contributed by atoms with E-state index in [1.807, 2.05) is 0 Å². The molecule has 2 aliphatic carbocycles. The van der Waals surface area contributed by atoms with Crippen LogP contribution in [0.3, 0.4) is 0 Å². The fraction of sp³-hybridized carbons (Fsp3) is 1.00. The predicted molar refractivity (Wildman–Crippen MR) is 40.1 cm³/mol. The molecule has 0 spiro atoms. The molecule has 0 nitrogen and oxygen atoms in total.